The van der Waals surface area contributed by atoms with Crippen molar-refractivity contribution in [1.82, 2.24) is 15.0 Å². The number of para-hydroxylation sites is 1. The maximum Gasteiger partial charge on any atom is 0.241 e. The van der Waals surface area contributed by atoms with Crippen molar-refractivity contribution in [2.24, 2.45) is 5.92 Å². The number of aromatic nitrogens is 2. The molecular formula is C29H29ClN4O2S. The number of nitrogens with zero attached hydrogens (tertiary/aromatic N) is 3. The van der Waals surface area contributed by atoms with Crippen LogP contribution in [0.3, 0.4) is 0 Å². The van der Waals surface area contributed by atoms with Gasteiger partial charge in [-0.3, -0.25) is 9.69 Å². The Morgan fingerprint density at radius 2 is 1.78 bits per heavy atom. The van der Waals surface area contributed by atoms with Crippen LogP contribution in [0.5, 0.6) is 0 Å². The number of likely N-dealkylation sites (tertiary alicyclic amines) is 1. The topological polar surface area (TPSA) is 71.3 Å². The number of hydrogen-bond donors (Lipinski definition) is 1. The first-order chi connectivity index (χ1) is 18.0. The van der Waals surface area contributed by atoms with Gasteiger partial charge in [0.15, 0.2) is 0 Å². The van der Waals surface area contributed by atoms with Crippen LogP contribution in [0, 0.1) is 12.8 Å². The minimum atomic E-state index is -0.0172. The highest BCUT2D eigenvalue weighted by Crippen LogP contribution is 2.31. The Balaban J connectivity index is 1.12. The van der Waals surface area contributed by atoms with Crippen molar-refractivity contribution in [3.8, 4) is 11.4 Å². The maximum atomic E-state index is 13.1. The number of thioether (sulfide) groups is 1. The van der Waals surface area contributed by atoms with Crippen LogP contribution in [0.1, 0.15) is 29.9 Å². The Bertz CT molecular complexity index is 1330. The van der Waals surface area contributed by atoms with Crippen molar-refractivity contribution < 1.29 is 9.32 Å². The fourth-order valence-electron chi connectivity index (χ4n) is 4.36. The molecule has 4 aromatic rings. The lowest BCUT2D eigenvalue weighted by molar-refractivity contribution is -0.121. The fourth-order valence-corrected chi connectivity index (χ4v) is 5.45. The summed E-state index contributed by atoms with van der Waals surface area (Å²) in [7, 11) is 0. The monoisotopic (exact) mass is 532 g/mol. The second kappa shape index (κ2) is 11.9. The second-order valence-corrected chi connectivity index (χ2v) is 10.8. The van der Waals surface area contributed by atoms with E-state index < -0.39 is 0 Å². The lowest BCUT2D eigenvalue weighted by Crippen LogP contribution is -2.37. The van der Waals surface area contributed by atoms with Crippen molar-refractivity contribution in [2.75, 3.05) is 18.4 Å². The Labute approximate surface area is 226 Å². The maximum absolute atomic E-state index is 13.1. The van der Waals surface area contributed by atoms with E-state index in [-0.39, 0.29) is 11.8 Å². The van der Waals surface area contributed by atoms with E-state index in [2.05, 4.69) is 27.3 Å². The SMILES string of the molecule is Cc1ccc(-c2noc(CN3CCC(C(=O)Nc4ccccc4SCc4ccc(Cl)cc4)CC3)n2)cc1. The third-order valence-corrected chi connectivity index (χ3v) is 7.94. The zero-order valence-electron chi connectivity index (χ0n) is 20.7. The number of benzene rings is 3. The third-order valence-electron chi connectivity index (χ3n) is 6.55. The smallest absolute Gasteiger partial charge is 0.241 e. The molecular weight excluding hydrogens is 504 g/mol. The Morgan fingerprint density at radius 3 is 2.54 bits per heavy atom. The predicted molar refractivity (Wildman–Crippen MR) is 149 cm³/mol. The van der Waals surface area contributed by atoms with Crippen LogP contribution in [-0.2, 0) is 17.1 Å². The van der Waals surface area contributed by atoms with E-state index in [0.29, 0.717) is 18.3 Å². The molecule has 0 aliphatic carbocycles. The standard InChI is InChI=1S/C29H29ClN4O2S/c1-20-6-10-22(11-7-20)28-32-27(36-33-28)18-34-16-14-23(15-17-34)29(35)31-25-4-2-3-5-26(25)37-19-21-8-12-24(30)13-9-21/h2-13,23H,14-19H2,1H3,(H,31,35). The van der Waals surface area contributed by atoms with E-state index in [4.69, 9.17) is 16.1 Å². The number of carbonyl (C=O) groups is 1. The first-order valence-corrected chi connectivity index (χ1v) is 13.8. The first-order valence-electron chi connectivity index (χ1n) is 12.4. The summed E-state index contributed by atoms with van der Waals surface area (Å²) in [6, 6.07) is 23.9. The van der Waals surface area contributed by atoms with E-state index in [1.54, 1.807) is 11.8 Å². The van der Waals surface area contributed by atoms with Crippen LogP contribution >= 0.6 is 23.4 Å². The van der Waals surface area contributed by atoms with Gasteiger partial charge in [-0.1, -0.05) is 70.9 Å². The molecule has 8 heteroatoms. The van der Waals surface area contributed by atoms with Crippen molar-refractivity contribution in [2.45, 2.75) is 37.0 Å². The molecule has 5 rings (SSSR count). The minimum Gasteiger partial charge on any atom is -0.338 e. The van der Waals surface area contributed by atoms with Crippen LogP contribution in [0.2, 0.25) is 5.02 Å². The lowest BCUT2D eigenvalue weighted by atomic mass is 9.96. The molecule has 1 fully saturated rings. The molecule has 2 heterocycles. The van der Waals surface area contributed by atoms with Gasteiger partial charge in [-0.15, -0.1) is 11.8 Å². The number of carbonyl (C=O) groups excluding carboxylic acids is 1. The number of piperidine rings is 1. The number of anilines is 1. The third kappa shape index (κ3) is 6.80. The summed E-state index contributed by atoms with van der Waals surface area (Å²) in [6.45, 7) is 4.27. The molecule has 190 valence electrons. The van der Waals surface area contributed by atoms with Crippen LogP contribution in [-0.4, -0.2) is 34.0 Å². The van der Waals surface area contributed by atoms with Crippen LogP contribution in [0.25, 0.3) is 11.4 Å². The normalized spacial score (nSPS) is 14.5. The largest absolute Gasteiger partial charge is 0.338 e. The lowest BCUT2D eigenvalue weighted by Gasteiger charge is -2.30. The van der Waals surface area contributed by atoms with Gasteiger partial charge in [0.1, 0.15) is 0 Å². The molecule has 6 nitrogen and oxygen atoms in total. The summed E-state index contributed by atoms with van der Waals surface area (Å²) in [5.74, 6) is 2.08. The van der Waals surface area contributed by atoms with Gasteiger partial charge in [0.05, 0.1) is 12.2 Å². The van der Waals surface area contributed by atoms with E-state index >= 15 is 0 Å². The Hall–Kier alpha value is -3.13. The Morgan fingerprint density at radius 1 is 1.05 bits per heavy atom. The highest BCUT2D eigenvalue weighted by Gasteiger charge is 2.26. The molecule has 3 aromatic carbocycles. The first kappa shape index (κ1) is 25.5. The van der Waals surface area contributed by atoms with Crippen molar-refractivity contribution in [3.05, 3.63) is 94.8 Å². The summed E-state index contributed by atoms with van der Waals surface area (Å²) < 4.78 is 5.49. The van der Waals surface area contributed by atoms with Gasteiger partial charge in [-0.2, -0.15) is 4.98 Å². The Kier molecular flexibility index (Phi) is 8.24. The van der Waals surface area contributed by atoms with E-state index in [0.717, 1.165) is 52.9 Å². The number of aryl methyl sites for hydroxylation is 1. The molecule has 0 spiro atoms. The summed E-state index contributed by atoms with van der Waals surface area (Å²) in [5, 5.41) is 8.04. The van der Waals surface area contributed by atoms with Crippen LogP contribution in [0.15, 0.2) is 82.2 Å². The molecule has 0 bridgehead atoms. The van der Waals surface area contributed by atoms with Gasteiger partial charge in [-0.05, 0) is 62.7 Å². The molecule has 1 saturated heterocycles. The average Bonchev–Trinajstić information content (AvgIpc) is 3.38. The molecule has 1 aliphatic heterocycles. The van der Waals surface area contributed by atoms with Gasteiger partial charge in [0.25, 0.3) is 0 Å². The van der Waals surface area contributed by atoms with E-state index in [1.807, 2.05) is 72.8 Å². The van der Waals surface area contributed by atoms with Crippen LogP contribution < -0.4 is 5.32 Å². The molecule has 0 atom stereocenters. The van der Waals surface area contributed by atoms with E-state index in [9.17, 15) is 4.79 Å². The number of nitrogens with one attached hydrogen (secondary N) is 1. The fraction of sp³-hybridized carbons (Fsp3) is 0.276. The molecule has 0 unspecified atom stereocenters. The van der Waals surface area contributed by atoms with Gasteiger partial charge >= 0.3 is 0 Å². The van der Waals surface area contributed by atoms with Crippen molar-refractivity contribution >= 4 is 35.0 Å². The highest BCUT2D eigenvalue weighted by molar-refractivity contribution is 7.98. The van der Waals surface area contributed by atoms with Gasteiger partial charge in [-0.25, -0.2) is 0 Å². The number of amides is 1. The van der Waals surface area contributed by atoms with Gasteiger partial charge < -0.3 is 9.84 Å². The number of hydrogen-bond acceptors (Lipinski definition) is 6. The molecule has 0 radical (unpaired) electrons. The minimum absolute atomic E-state index is 0.0172. The zero-order valence-corrected chi connectivity index (χ0v) is 22.3. The zero-order chi connectivity index (χ0) is 25.6. The molecule has 1 aromatic heterocycles. The number of halogens is 1. The van der Waals surface area contributed by atoms with Gasteiger partial charge in [0, 0.05) is 27.2 Å². The quantitative estimate of drug-likeness (QED) is 0.250. The molecule has 1 N–H and O–H groups in total. The summed E-state index contributed by atoms with van der Waals surface area (Å²) in [4.78, 5) is 21.0. The average molecular weight is 533 g/mol. The molecule has 0 saturated carbocycles. The van der Waals surface area contributed by atoms with Crippen molar-refractivity contribution in [1.29, 1.82) is 0 Å². The molecule has 37 heavy (non-hydrogen) atoms. The highest BCUT2D eigenvalue weighted by atomic mass is 35.5. The second-order valence-electron chi connectivity index (χ2n) is 9.33. The predicted octanol–water partition coefficient (Wildman–Crippen LogP) is 6.84. The van der Waals surface area contributed by atoms with Crippen molar-refractivity contribution in [3.63, 3.8) is 0 Å². The molecule has 1 amide bonds. The summed E-state index contributed by atoms with van der Waals surface area (Å²) in [6.07, 6.45) is 1.59. The van der Waals surface area contributed by atoms with Gasteiger partial charge in [0.2, 0.25) is 17.6 Å². The number of rotatable bonds is 8. The van der Waals surface area contributed by atoms with E-state index in [1.165, 1.54) is 11.1 Å². The summed E-state index contributed by atoms with van der Waals surface area (Å²) >= 11 is 7.70. The molecule has 1 aliphatic rings. The van der Waals surface area contributed by atoms with Crippen LogP contribution in [0.4, 0.5) is 5.69 Å². The summed E-state index contributed by atoms with van der Waals surface area (Å²) in [5.41, 5.74) is 4.20.